The predicted octanol–water partition coefficient (Wildman–Crippen LogP) is 3.73. The summed E-state index contributed by atoms with van der Waals surface area (Å²) in [5.41, 5.74) is 1.80. The van der Waals surface area contributed by atoms with Crippen LogP contribution in [0.1, 0.15) is 11.1 Å². The minimum atomic E-state index is 0.539. The van der Waals surface area contributed by atoms with Crippen LogP contribution >= 0.6 is 22.9 Å². The number of fused-ring (bicyclic) bond motifs is 1. The van der Waals surface area contributed by atoms with Crippen LogP contribution in [0.5, 0.6) is 0 Å². The number of hydrogen-bond acceptors (Lipinski definition) is 2. The molecule has 0 fully saturated rings. The zero-order valence-electron chi connectivity index (χ0n) is 6.97. The van der Waals surface area contributed by atoms with E-state index in [-0.39, 0.29) is 0 Å². The van der Waals surface area contributed by atoms with E-state index < -0.39 is 0 Å². The number of nitrogens with zero attached hydrogens (tertiary/aromatic N) is 1. The largest absolute Gasteiger partial charge is 0.192 e. The number of nitriles is 1. The highest BCUT2D eigenvalue weighted by Gasteiger charge is 2.08. The van der Waals surface area contributed by atoms with Crippen molar-refractivity contribution in [3.8, 4) is 6.07 Å². The van der Waals surface area contributed by atoms with Crippen LogP contribution in [-0.4, -0.2) is 0 Å². The Morgan fingerprint density at radius 1 is 1.46 bits per heavy atom. The maximum atomic E-state index is 8.90. The monoisotopic (exact) mass is 207 g/mol. The average molecular weight is 208 g/mol. The van der Waals surface area contributed by atoms with E-state index in [0.717, 1.165) is 10.1 Å². The first-order valence-corrected chi connectivity index (χ1v) is 5.06. The third kappa shape index (κ3) is 1.21. The third-order valence-electron chi connectivity index (χ3n) is 2.00. The Bertz CT molecular complexity index is 507. The van der Waals surface area contributed by atoms with Crippen molar-refractivity contribution in [2.24, 2.45) is 0 Å². The topological polar surface area (TPSA) is 23.8 Å². The van der Waals surface area contributed by atoms with Gasteiger partial charge in [-0.25, -0.2) is 0 Å². The van der Waals surface area contributed by atoms with Gasteiger partial charge in [0.1, 0.15) is 6.07 Å². The molecule has 0 spiro atoms. The lowest BCUT2D eigenvalue weighted by Crippen LogP contribution is -1.77. The molecule has 0 aliphatic carbocycles. The van der Waals surface area contributed by atoms with Gasteiger partial charge in [0.2, 0.25) is 0 Å². The van der Waals surface area contributed by atoms with E-state index in [4.69, 9.17) is 16.9 Å². The van der Waals surface area contributed by atoms with Crippen molar-refractivity contribution in [1.29, 1.82) is 5.26 Å². The van der Waals surface area contributed by atoms with Gasteiger partial charge in [-0.15, -0.1) is 11.3 Å². The van der Waals surface area contributed by atoms with Gasteiger partial charge in [-0.1, -0.05) is 17.7 Å². The minimum Gasteiger partial charge on any atom is -0.192 e. The summed E-state index contributed by atoms with van der Waals surface area (Å²) in [6, 6.07) is 5.87. The first-order chi connectivity index (χ1) is 6.24. The highest BCUT2D eigenvalue weighted by Crippen LogP contribution is 2.32. The molecule has 64 valence electrons. The molecule has 0 aliphatic heterocycles. The Labute approximate surface area is 85.2 Å². The van der Waals surface area contributed by atoms with E-state index in [1.807, 2.05) is 18.4 Å². The zero-order valence-corrected chi connectivity index (χ0v) is 8.54. The second-order valence-corrected chi connectivity index (χ2v) is 4.12. The quantitative estimate of drug-likeness (QED) is 0.646. The van der Waals surface area contributed by atoms with Crippen molar-refractivity contribution >= 4 is 33.0 Å². The van der Waals surface area contributed by atoms with E-state index in [1.165, 1.54) is 5.56 Å². The zero-order chi connectivity index (χ0) is 9.42. The molecule has 2 rings (SSSR count). The molecule has 1 nitrogen and oxygen atoms in total. The molecule has 0 bridgehead atoms. The highest BCUT2D eigenvalue weighted by molar-refractivity contribution is 7.17. The smallest absolute Gasteiger partial charge is 0.102 e. The SMILES string of the molecule is Cc1csc2c(C#N)c(Cl)ccc12. The van der Waals surface area contributed by atoms with E-state index in [0.29, 0.717) is 10.6 Å². The van der Waals surface area contributed by atoms with Crippen molar-refractivity contribution in [2.75, 3.05) is 0 Å². The van der Waals surface area contributed by atoms with Crippen LogP contribution in [0.4, 0.5) is 0 Å². The first-order valence-electron chi connectivity index (χ1n) is 3.80. The van der Waals surface area contributed by atoms with Crippen molar-refractivity contribution < 1.29 is 0 Å². The maximum absolute atomic E-state index is 8.90. The molecule has 2 aromatic rings. The summed E-state index contributed by atoms with van der Waals surface area (Å²) < 4.78 is 0.993. The standard InChI is InChI=1S/C10H6ClNS/c1-6-5-13-10-7(6)2-3-9(11)8(10)4-12/h2-3,5H,1H3. The van der Waals surface area contributed by atoms with Crippen molar-refractivity contribution in [3.05, 3.63) is 33.7 Å². The van der Waals surface area contributed by atoms with Crippen molar-refractivity contribution in [2.45, 2.75) is 6.92 Å². The fraction of sp³-hybridized carbons (Fsp3) is 0.100. The molecule has 1 aromatic heterocycles. The van der Waals surface area contributed by atoms with Crippen LogP contribution in [0.3, 0.4) is 0 Å². The molecule has 0 N–H and O–H groups in total. The van der Waals surface area contributed by atoms with E-state index >= 15 is 0 Å². The van der Waals surface area contributed by atoms with Crippen LogP contribution in [0.25, 0.3) is 10.1 Å². The number of rotatable bonds is 0. The first kappa shape index (κ1) is 8.55. The van der Waals surface area contributed by atoms with Gasteiger partial charge >= 0.3 is 0 Å². The highest BCUT2D eigenvalue weighted by atomic mass is 35.5. The van der Waals surface area contributed by atoms with Gasteiger partial charge in [-0.2, -0.15) is 5.26 Å². The number of benzene rings is 1. The second-order valence-electron chi connectivity index (χ2n) is 2.83. The van der Waals surface area contributed by atoms with Gasteiger partial charge in [-0.05, 0) is 29.3 Å². The molecule has 3 heteroatoms. The molecular weight excluding hydrogens is 202 g/mol. The van der Waals surface area contributed by atoms with Gasteiger partial charge in [0, 0.05) is 0 Å². The summed E-state index contributed by atoms with van der Waals surface area (Å²) in [7, 11) is 0. The molecule has 0 atom stereocenters. The molecular formula is C10H6ClNS. The van der Waals surface area contributed by atoms with Crippen molar-refractivity contribution in [1.82, 2.24) is 0 Å². The Kier molecular flexibility index (Phi) is 1.99. The minimum absolute atomic E-state index is 0.539. The van der Waals surface area contributed by atoms with Crippen LogP contribution in [0.15, 0.2) is 17.5 Å². The summed E-state index contributed by atoms with van der Waals surface area (Å²) in [4.78, 5) is 0. The summed E-state index contributed by atoms with van der Waals surface area (Å²) in [5, 5.41) is 12.6. The summed E-state index contributed by atoms with van der Waals surface area (Å²) in [5.74, 6) is 0. The maximum Gasteiger partial charge on any atom is 0.102 e. The third-order valence-corrected chi connectivity index (χ3v) is 3.44. The van der Waals surface area contributed by atoms with Gasteiger partial charge in [0.05, 0.1) is 15.3 Å². The normalized spacial score (nSPS) is 10.2. The lowest BCUT2D eigenvalue weighted by atomic mass is 10.1. The summed E-state index contributed by atoms with van der Waals surface area (Å²) in [6.45, 7) is 2.04. The van der Waals surface area contributed by atoms with Crippen LogP contribution < -0.4 is 0 Å². The molecule has 0 amide bonds. The van der Waals surface area contributed by atoms with Crippen LogP contribution in [0.2, 0.25) is 5.02 Å². The summed E-state index contributed by atoms with van der Waals surface area (Å²) >= 11 is 7.47. The van der Waals surface area contributed by atoms with Crippen LogP contribution in [0, 0.1) is 18.3 Å². The average Bonchev–Trinajstić information content (AvgIpc) is 2.48. The van der Waals surface area contributed by atoms with Crippen LogP contribution in [-0.2, 0) is 0 Å². The molecule has 0 radical (unpaired) electrons. The van der Waals surface area contributed by atoms with Gasteiger partial charge in [0.25, 0.3) is 0 Å². The van der Waals surface area contributed by atoms with E-state index in [1.54, 1.807) is 17.4 Å². The van der Waals surface area contributed by atoms with Crippen molar-refractivity contribution in [3.63, 3.8) is 0 Å². The lowest BCUT2D eigenvalue weighted by molar-refractivity contribution is 1.51. The second kappa shape index (κ2) is 3.02. The Morgan fingerprint density at radius 3 is 2.92 bits per heavy atom. The summed E-state index contributed by atoms with van der Waals surface area (Å²) in [6.07, 6.45) is 0. The molecule has 1 aromatic carbocycles. The molecule has 13 heavy (non-hydrogen) atoms. The number of halogens is 1. The van der Waals surface area contributed by atoms with Gasteiger partial charge in [0.15, 0.2) is 0 Å². The molecule has 0 saturated carbocycles. The molecule has 0 unspecified atom stereocenters. The number of thiophene rings is 1. The molecule has 0 aliphatic rings. The van der Waals surface area contributed by atoms with E-state index in [2.05, 4.69) is 6.07 Å². The van der Waals surface area contributed by atoms with Gasteiger partial charge < -0.3 is 0 Å². The number of aryl methyl sites for hydroxylation is 1. The Morgan fingerprint density at radius 2 is 2.23 bits per heavy atom. The lowest BCUT2D eigenvalue weighted by Gasteiger charge is -1.96. The predicted molar refractivity (Wildman–Crippen MR) is 56.3 cm³/mol. The molecule has 1 heterocycles. The fourth-order valence-electron chi connectivity index (χ4n) is 1.31. The Hall–Kier alpha value is -1.04. The molecule has 0 saturated heterocycles. The fourth-order valence-corrected chi connectivity index (χ4v) is 2.61. The Balaban J connectivity index is 2.95. The van der Waals surface area contributed by atoms with E-state index in [9.17, 15) is 0 Å². The van der Waals surface area contributed by atoms with Gasteiger partial charge in [-0.3, -0.25) is 0 Å². The number of hydrogen-bond donors (Lipinski definition) is 0.